The number of thioether (sulfide) groups is 1. The summed E-state index contributed by atoms with van der Waals surface area (Å²) in [5.41, 5.74) is 0.888. The van der Waals surface area contributed by atoms with Gasteiger partial charge in [0.1, 0.15) is 11.4 Å². The molecule has 0 bridgehead atoms. The number of nitrogens with zero attached hydrogens (tertiary/aromatic N) is 2. The van der Waals surface area contributed by atoms with Crippen molar-refractivity contribution in [3.8, 4) is 0 Å². The Labute approximate surface area is 110 Å². The number of aromatic nitrogens is 2. The molecule has 1 rings (SSSR count). The van der Waals surface area contributed by atoms with E-state index in [0.29, 0.717) is 23.7 Å². The summed E-state index contributed by atoms with van der Waals surface area (Å²) in [6.45, 7) is 4.15. The van der Waals surface area contributed by atoms with E-state index >= 15 is 0 Å². The molecule has 0 amide bonds. The lowest BCUT2D eigenvalue weighted by atomic mass is 10.2. The number of alkyl halides is 1. The van der Waals surface area contributed by atoms with E-state index < -0.39 is 5.97 Å². The van der Waals surface area contributed by atoms with Crippen LogP contribution in [0, 0.1) is 0 Å². The van der Waals surface area contributed by atoms with Gasteiger partial charge in [0.15, 0.2) is 0 Å². The van der Waals surface area contributed by atoms with Crippen LogP contribution in [0.5, 0.6) is 0 Å². The molecule has 0 unspecified atom stereocenters. The average molecular weight is 275 g/mol. The van der Waals surface area contributed by atoms with Crippen LogP contribution >= 0.6 is 23.4 Å². The molecule has 0 saturated heterocycles. The van der Waals surface area contributed by atoms with Crippen molar-refractivity contribution in [1.29, 1.82) is 0 Å². The highest BCUT2D eigenvalue weighted by Crippen LogP contribution is 2.13. The van der Waals surface area contributed by atoms with Crippen molar-refractivity contribution in [2.45, 2.75) is 25.5 Å². The molecule has 1 aromatic heterocycles. The van der Waals surface area contributed by atoms with Crippen molar-refractivity contribution < 1.29 is 9.53 Å². The molecule has 0 aromatic carbocycles. The lowest BCUT2D eigenvalue weighted by Crippen LogP contribution is -2.11. The maximum Gasteiger partial charge on any atom is 0.341 e. The largest absolute Gasteiger partial charge is 0.462 e. The lowest BCUT2D eigenvalue weighted by Gasteiger charge is -2.07. The number of carbonyl (C=O) groups excluding carboxylic acids is 1. The Kier molecular flexibility index (Phi) is 6.29. The van der Waals surface area contributed by atoms with Gasteiger partial charge in [-0.15, -0.1) is 11.6 Å². The molecule has 0 aliphatic carbocycles. The molecule has 0 N–H and O–H groups in total. The second-order valence-corrected chi connectivity index (χ2v) is 4.68. The summed E-state index contributed by atoms with van der Waals surface area (Å²) in [5.74, 6) is 2.18. The molecule has 0 aliphatic heterocycles. The fourth-order valence-corrected chi connectivity index (χ4v) is 1.93. The average Bonchev–Trinajstić information content (AvgIpc) is 2.36. The third-order valence-corrected chi connectivity index (χ3v) is 3.10. The fraction of sp³-hybridized carbons (Fsp3) is 0.545. The molecule has 0 atom stereocenters. The summed E-state index contributed by atoms with van der Waals surface area (Å²) in [5, 5.41) is 0. The predicted octanol–water partition coefficient (Wildman–Crippen LogP) is 2.65. The Morgan fingerprint density at radius 3 is 2.88 bits per heavy atom. The van der Waals surface area contributed by atoms with Gasteiger partial charge < -0.3 is 4.74 Å². The molecule has 4 nitrogen and oxygen atoms in total. The smallest absolute Gasteiger partial charge is 0.341 e. The van der Waals surface area contributed by atoms with Gasteiger partial charge in [0.05, 0.1) is 23.9 Å². The third kappa shape index (κ3) is 4.16. The van der Waals surface area contributed by atoms with Crippen molar-refractivity contribution in [2.24, 2.45) is 0 Å². The third-order valence-electron chi connectivity index (χ3n) is 1.97. The topological polar surface area (TPSA) is 52.1 Å². The van der Waals surface area contributed by atoms with Gasteiger partial charge in [-0.05, 0) is 12.7 Å². The summed E-state index contributed by atoms with van der Waals surface area (Å²) < 4.78 is 4.91. The molecule has 1 aromatic rings. The SMILES string of the molecule is CCOC(=O)c1cnc(CSCC)nc1CCl. The van der Waals surface area contributed by atoms with E-state index in [0.717, 1.165) is 11.5 Å². The van der Waals surface area contributed by atoms with Gasteiger partial charge in [0.2, 0.25) is 0 Å². The summed E-state index contributed by atoms with van der Waals surface area (Å²) in [4.78, 5) is 20.0. The molecule has 0 spiro atoms. The summed E-state index contributed by atoms with van der Waals surface area (Å²) in [6.07, 6.45) is 1.49. The van der Waals surface area contributed by atoms with E-state index in [9.17, 15) is 4.79 Å². The van der Waals surface area contributed by atoms with Gasteiger partial charge >= 0.3 is 5.97 Å². The molecule has 0 radical (unpaired) electrons. The van der Waals surface area contributed by atoms with Crippen molar-refractivity contribution in [2.75, 3.05) is 12.4 Å². The molecular formula is C11H15ClN2O2S. The van der Waals surface area contributed by atoms with Gasteiger partial charge in [0.25, 0.3) is 0 Å². The second kappa shape index (κ2) is 7.50. The Morgan fingerprint density at radius 2 is 2.29 bits per heavy atom. The molecule has 6 heteroatoms. The first-order valence-electron chi connectivity index (χ1n) is 5.38. The molecule has 0 saturated carbocycles. The van der Waals surface area contributed by atoms with Crippen LogP contribution in [-0.4, -0.2) is 28.3 Å². The first-order chi connectivity index (χ1) is 8.22. The summed E-state index contributed by atoms with van der Waals surface area (Å²) in [6, 6.07) is 0. The molecule has 94 valence electrons. The first kappa shape index (κ1) is 14.3. The molecule has 0 fully saturated rings. The van der Waals surface area contributed by atoms with Gasteiger partial charge in [-0.3, -0.25) is 0 Å². The molecule has 1 heterocycles. The zero-order valence-electron chi connectivity index (χ0n) is 9.90. The van der Waals surface area contributed by atoms with E-state index in [1.54, 1.807) is 18.7 Å². The Balaban J connectivity index is 2.88. The lowest BCUT2D eigenvalue weighted by molar-refractivity contribution is 0.0524. The predicted molar refractivity (Wildman–Crippen MR) is 69.4 cm³/mol. The quantitative estimate of drug-likeness (QED) is 0.590. The minimum absolute atomic E-state index is 0.181. The van der Waals surface area contributed by atoms with Gasteiger partial charge in [-0.1, -0.05) is 6.92 Å². The highest BCUT2D eigenvalue weighted by atomic mass is 35.5. The second-order valence-electron chi connectivity index (χ2n) is 3.14. The zero-order chi connectivity index (χ0) is 12.7. The minimum atomic E-state index is -0.419. The number of hydrogen-bond donors (Lipinski definition) is 0. The van der Waals surface area contributed by atoms with Gasteiger partial charge in [-0.2, -0.15) is 11.8 Å². The maximum atomic E-state index is 11.6. The number of hydrogen-bond acceptors (Lipinski definition) is 5. The standard InChI is InChI=1S/C11H15ClN2O2S/c1-3-16-11(15)8-6-13-10(7-17-4-2)14-9(8)5-12/h6H,3-5,7H2,1-2H3. The number of carbonyl (C=O) groups is 1. The van der Waals surface area contributed by atoms with Crippen LogP contribution in [0.15, 0.2) is 6.20 Å². The summed E-state index contributed by atoms with van der Waals surface area (Å²) >= 11 is 7.50. The van der Waals surface area contributed by atoms with Crippen molar-refractivity contribution in [1.82, 2.24) is 9.97 Å². The van der Waals surface area contributed by atoms with Crippen LogP contribution in [-0.2, 0) is 16.4 Å². The van der Waals surface area contributed by atoms with Crippen LogP contribution in [0.4, 0.5) is 0 Å². The van der Waals surface area contributed by atoms with Crippen LogP contribution in [0.1, 0.15) is 35.7 Å². The highest BCUT2D eigenvalue weighted by Gasteiger charge is 2.14. The normalized spacial score (nSPS) is 10.3. The van der Waals surface area contributed by atoms with Crippen LogP contribution in [0.3, 0.4) is 0 Å². The van der Waals surface area contributed by atoms with E-state index in [-0.39, 0.29) is 5.88 Å². The Morgan fingerprint density at radius 1 is 1.53 bits per heavy atom. The number of rotatable bonds is 6. The van der Waals surface area contributed by atoms with Crippen molar-refractivity contribution in [3.05, 3.63) is 23.3 Å². The van der Waals surface area contributed by atoms with Crippen molar-refractivity contribution in [3.63, 3.8) is 0 Å². The molecule has 17 heavy (non-hydrogen) atoms. The monoisotopic (exact) mass is 274 g/mol. The summed E-state index contributed by atoms with van der Waals surface area (Å²) in [7, 11) is 0. The van der Waals surface area contributed by atoms with Gasteiger partial charge in [0, 0.05) is 6.20 Å². The van der Waals surface area contributed by atoms with E-state index in [2.05, 4.69) is 16.9 Å². The van der Waals surface area contributed by atoms with Crippen LogP contribution in [0.25, 0.3) is 0 Å². The maximum absolute atomic E-state index is 11.6. The molecular weight excluding hydrogens is 260 g/mol. The Hall–Kier alpha value is -0.810. The Bertz CT molecular complexity index is 388. The van der Waals surface area contributed by atoms with E-state index in [1.807, 2.05) is 0 Å². The number of halogens is 1. The zero-order valence-corrected chi connectivity index (χ0v) is 11.5. The number of esters is 1. The van der Waals surface area contributed by atoms with Gasteiger partial charge in [-0.25, -0.2) is 14.8 Å². The molecule has 0 aliphatic rings. The van der Waals surface area contributed by atoms with Crippen molar-refractivity contribution >= 4 is 29.3 Å². The number of ether oxygens (including phenoxy) is 1. The van der Waals surface area contributed by atoms with E-state index in [1.165, 1.54) is 6.20 Å². The van der Waals surface area contributed by atoms with Crippen LogP contribution in [0.2, 0.25) is 0 Å². The van der Waals surface area contributed by atoms with Crippen LogP contribution < -0.4 is 0 Å². The first-order valence-corrected chi connectivity index (χ1v) is 7.07. The van der Waals surface area contributed by atoms with E-state index in [4.69, 9.17) is 16.3 Å². The minimum Gasteiger partial charge on any atom is -0.462 e. The highest BCUT2D eigenvalue weighted by molar-refractivity contribution is 7.98. The fourth-order valence-electron chi connectivity index (χ4n) is 1.20.